The van der Waals surface area contributed by atoms with E-state index in [1.807, 2.05) is 35.4 Å². The molecule has 2 aliphatic heterocycles. The van der Waals surface area contributed by atoms with Crippen LogP contribution in [0.5, 0.6) is 5.75 Å². The first-order chi connectivity index (χ1) is 14.0. The van der Waals surface area contributed by atoms with Crippen molar-refractivity contribution in [1.29, 1.82) is 0 Å². The lowest BCUT2D eigenvalue weighted by atomic mass is 9.63. The number of piperidine rings is 1. The monoisotopic (exact) mass is 390 g/mol. The summed E-state index contributed by atoms with van der Waals surface area (Å²) in [5.41, 5.74) is 3.68. The van der Waals surface area contributed by atoms with Crippen LogP contribution in [0.2, 0.25) is 0 Å². The van der Waals surface area contributed by atoms with Crippen molar-refractivity contribution in [1.82, 2.24) is 4.90 Å². The molecule has 1 saturated heterocycles. The molecule has 29 heavy (non-hydrogen) atoms. The van der Waals surface area contributed by atoms with Crippen LogP contribution < -0.4 is 0 Å². The number of hydrogen-bond acceptors (Lipinski definition) is 5. The number of amides is 1. The molecule has 5 rings (SSSR count). The quantitative estimate of drug-likeness (QED) is 0.800. The van der Waals surface area contributed by atoms with E-state index in [4.69, 9.17) is 4.74 Å². The Morgan fingerprint density at radius 1 is 1.21 bits per heavy atom. The Morgan fingerprint density at radius 3 is 2.90 bits per heavy atom. The van der Waals surface area contributed by atoms with Crippen molar-refractivity contribution >= 4 is 23.8 Å². The van der Waals surface area contributed by atoms with Crippen molar-refractivity contribution in [3.8, 4) is 5.75 Å². The molecule has 2 atom stereocenters. The Labute approximate surface area is 168 Å². The highest BCUT2D eigenvalue weighted by Crippen LogP contribution is 2.47. The molecule has 6 nitrogen and oxygen atoms in total. The number of methoxy groups -OCH3 is 1. The average molecular weight is 390 g/mol. The van der Waals surface area contributed by atoms with Crippen LogP contribution in [-0.4, -0.2) is 47.8 Å². The van der Waals surface area contributed by atoms with Gasteiger partial charge in [0.05, 0.1) is 18.2 Å². The number of aliphatic imine (C=N–C) groups is 1. The van der Waals surface area contributed by atoms with E-state index >= 15 is 0 Å². The van der Waals surface area contributed by atoms with Gasteiger partial charge in [0.15, 0.2) is 0 Å². The number of carbonyl (C=O) groups excluding carboxylic acids is 2. The Hall–Kier alpha value is -3.15. The van der Waals surface area contributed by atoms with Gasteiger partial charge >= 0.3 is 5.97 Å². The van der Waals surface area contributed by atoms with Crippen molar-refractivity contribution in [2.75, 3.05) is 13.7 Å². The summed E-state index contributed by atoms with van der Waals surface area (Å²) in [5, 5.41) is 9.99. The molecular weight excluding hydrogens is 368 g/mol. The van der Waals surface area contributed by atoms with Crippen molar-refractivity contribution in [2.24, 2.45) is 4.99 Å². The van der Waals surface area contributed by atoms with Gasteiger partial charge < -0.3 is 14.7 Å². The molecule has 2 aromatic rings. The van der Waals surface area contributed by atoms with Crippen LogP contribution >= 0.6 is 0 Å². The Kier molecular flexibility index (Phi) is 3.98. The number of fused-ring (bicyclic) bond motifs is 5. The lowest BCUT2D eigenvalue weighted by Crippen LogP contribution is -2.58. The zero-order valence-corrected chi connectivity index (χ0v) is 16.2. The third-order valence-corrected chi connectivity index (χ3v) is 6.57. The number of likely N-dealkylation sites (tertiary alicyclic amines) is 1. The normalized spacial score (nSPS) is 24.0. The van der Waals surface area contributed by atoms with Crippen LogP contribution in [0.4, 0.5) is 5.69 Å². The van der Waals surface area contributed by atoms with Gasteiger partial charge in [-0.1, -0.05) is 6.07 Å². The smallest absolute Gasteiger partial charge is 0.316 e. The molecule has 2 heterocycles. The van der Waals surface area contributed by atoms with Gasteiger partial charge in [-0.25, -0.2) is 0 Å². The summed E-state index contributed by atoms with van der Waals surface area (Å²) in [6, 6.07) is 10.8. The van der Waals surface area contributed by atoms with Crippen LogP contribution in [-0.2, 0) is 27.8 Å². The predicted molar refractivity (Wildman–Crippen MR) is 108 cm³/mol. The van der Waals surface area contributed by atoms with E-state index in [1.54, 1.807) is 12.1 Å². The van der Waals surface area contributed by atoms with Crippen LogP contribution in [0.1, 0.15) is 39.9 Å². The maximum atomic E-state index is 13.3. The van der Waals surface area contributed by atoms with Crippen molar-refractivity contribution < 1.29 is 19.4 Å². The number of benzene rings is 2. The second kappa shape index (κ2) is 6.44. The zero-order valence-electron chi connectivity index (χ0n) is 16.2. The molecule has 0 radical (unpaired) electrons. The molecule has 2 bridgehead atoms. The maximum Gasteiger partial charge on any atom is 0.316 e. The number of hydrogen-bond donors (Lipinski definition) is 1. The number of phenolic OH excluding ortho intramolecular Hbond substituents is 1. The van der Waals surface area contributed by atoms with Gasteiger partial charge in [-0.2, -0.15) is 0 Å². The minimum atomic E-state index is -0.811. The Morgan fingerprint density at radius 2 is 2.07 bits per heavy atom. The van der Waals surface area contributed by atoms with E-state index in [0.29, 0.717) is 31.4 Å². The van der Waals surface area contributed by atoms with Crippen LogP contribution in [0.15, 0.2) is 41.4 Å². The molecule has 6 heteroatoms. The highest BCUT2D eigenvalue weighted by atomic mass is 16.5. The van der Waals surface area contributed by atoms with Crippen molar-refractivity contribution in [3.63, 3.8) is 0 Å². The summed E-state index contributed by atoms with van der Waals surface area (Å²) in [4.78, 5) is 32.4. The molecule has 1 aliphatic carbocycles. The third-order valence-electron chi connectivity index (χ3n) is 6.57. The SMILES string of the molecule is COC(=O)C12CCN(C(=O)c3ccc4c(c3)CC=N4)C(Cc3ccc(O)cc31)C2. The first-order valence-corrected chi connectivity index (χ1v) is 9.89. The topological polar surface area (TPSA) is 79.2 Å². The van der Waals surface area contributed by atoms with E-state index in [-0.39, 0.29) is 23.7 Å². The minimum absolute atomic E-state index is 0.00889. The van der Waals surface area contributed by atoms with Crippen LogP contribution in [0.25, 0.3) is 0 Å². The number of rotatable bonds is 2. The highest BCUT2D eigenvalue weighted by molar-refractivity contribution is 5.96. The lowest BCUT2D eigenvalue weighted by molar-refractivity contribution is -0.151. The Balaban J connectivity index is 1.50. The third kappa shape index (κ3) is 2.66. The van der Waals surface area contributed by atoms with E-state index in [2.05, 4.69) is 4.99 Å². The summed E-state index contributed by atoms with van der Waals surface area (Å²) in [6.45, 7) is 0.473. The Bertz CT molecular complexity index is 1060. The first-order valence-electron chi connectivity index (χ1n) is 9.89. The first kappa shape index (κ1) is 17.9. The standard InChI is InChI=1S/C23H22N2O4/c1-29-22(28)23-7-9-25(17(13-23)11-14-2-4-18(26)12-19(14)23)21(27)16-3-5-20-15(10-16)6-8-24-20/h2-5,8,10,12,17,26H,6-7,9,11,13H2,1H3. The molecule has 1 amide bonds. The fourth-order valence-electron chi connectivity index (χ4n) is 5.15. The summed E-state index contributed by atoms with van der Waals surface area (Å²) >= 11 is 0. The van der Waals surface area contributed by atoms with E-state index in [1.165, 1.54) is 7.11 Å². The fraction of sp³-hybridized carbons (Fsp3) is 0.348. The molecule has 1 fully saturated rings. The number of aromatic hydroxyl groups is 1. The molecule has 3 aliphatic rings. The molecule has 148 valence electrons. The minimum Gasteiger partial charge on any atom is -0.508 e. The highest BCUT2D eigenvalue weighted by Gasteiger charge is 2.52. The number of ether oxygens (including phenoxy) is 1. The van der Waals surface area contributed by atoms with E-state index in [0.717, 1.165) is 28.8 Å². The van der Waals surface area contributed by atoms with Gasteiger partial charge in [-0.15, -0.1) is 0 Å². The lowest BCUT2D eigenvalue weighted by Gasteiger charge is -2.49. The number of carbonyl (C=O) groups is 2. The van der Waals surface area contributed by atoms with E-state index < -0.39 is 5.41 Å². The van der Waals surface area contributed by atoms with Crippen molar-refractivity contribution in [2.45, 2.75) is 37.1 Å². The second-order valence-electron chi connectivity index (χ2n) is 8.09. The summed E-state index contributed by atoms with van der Waals surface area (Å²) < 4.78 is 5.16. The molecule has 1 N–H and O–H groups in total. The van der Waals surface area contributed by atoms with Crippen LogP contribution in [0.3, 0.4) is 0 Å². The number of nitrogens with zero attached hydrogens (tertiary/aromatic N) is 2. The average Bonchev–Trinajstić information content (AvgIpc) is 3.21. The zero-order chi connectivity index (χ0) is 20.2. The van der Waals surface area contributed by atoms with Crippen molar-refractivity contribution in [3.05, 3.63) is 58.7 Å². The second-order valence-corrected chi connectivity index (χ2v) is 8.09. The van der Waals surface area contributed by atoms with Gasteiger partial charge in [0.1, 0.15) is 5.75 Å². The van der Waals surface area contributed by atoms with Gasteiger partial charge in [0.25, 0.3) is 5.91 Å². The maximum absolute atomic E-state index is 13.3. The molecule has 2 aromatic carbocycles. The molecule has 0 saturated carbocycles. The van der Waals surface area contributed by atoms with Gasteiger partial charge in [0.2, 0.25) is 0 Å². The molecule has 0 spiro atoms. The van der Waals surface area contributed by atoms with Gasteiger partial charge in [0, 0.05) is 30.8 Å². The van der Waals surface area contributed by atoms with Gasteiger partial charge in [-0.3, -0.25) is 14.6 Å². The fourth-order valence-corrected chi connectivity index (χ4v) is 5.15. The number of esters is 1. The van der Waals surface area contributed by atoms with Gasteiger partial charge in [-0.05, 0) is 66.3 Å². The summed E-state index contributed by atoms with van der Waals surface area (Å²) in [7, 11) is 1.40. The largest absolute Gasteiger partial charge is 0.508 e. The summed E-state index contributed by atoms with van der Waals surface area (Å²) in [6.07, 6.45) is 4.26. The molecule has 0 aromatic heterocycles. The molecular formula is C23H22N2O4. The van der Waals surface area contributed by atoms with E-state index in [9.17, 15) is 14.7 Å². The number of phenols is 1. The summed E-state index contributed by atoms with van der Waals surface area (Å²) in [5.74, 6) is -0.162. The van der Waals surface area contributed by atoms with Crippen LogP contribution in [0, 0.1) is 0 Å². The predicted octanol–water partition coefficient (Wildman–Crippen LogP) is 2.92. The molecule has 2 unspecified atom stereocenters.